The van der Waals surface area contributed by atoms with Crippen molar-refractivity contribution in [3.8, 4) is 0 Å². The molecule has 11 heteroatoms. The van der Waals surface area contributed by atoms with Crippen molar-refractivity contribution in [2.24, 2.45) is 5.14 Å². The van der Waals surface area contributed by atoms with Gasteiger partial charge in [-0.1, -0.05) is 12.1 Å². The second-order valence-corrected chi connectivity index (χ2v) is 8.56. The third-order valence-corrected chi connectivity index (χ3v) is 5.41. The Bertz CT molecular complexity index is 912. The second kappa shape index (κ2) is 9.44. The van der Waals surface area contributed by atoms with E-state index >= 15 is 0 Å². The molecule has 10 nitrogen and oxygen atoms in total. The highest BCUT2D eigenvalue weighted by Gasteiger charge is 2.35. The van der Waals surface area contributed by atoms with Crippen molar-refractivity contribution in [1.29, 1.82) is 0 Å². The predicted molar refractivity (Wildman–Crippen MR) is 109 cm³/mol. The minimum Gasteiger partial charge on any atom is -0.383 e. The monoisotopic (exact) mass is 422 g/mol. The van der Waals surface area contributed by atoms with Crippen molar-refractivity contribution in [2.75, 3.05) is 37.7 Å². The van der Waals surface area contributed by atoms with Crippen molar-refractivity contribution >= 4 is 27.6 Å². The van der Waals surface area contributed by atoms with Gasteiger partial charge in [-0.15, -0.1) is 0 Å². The Morgan fingerprint density at radius 2 is 1.86 bits per heavy atom. The van der Waals surface area contributed by atoms with Gasteiger partial charge in [0.25, 0.3) is 0 Å². The third kappa shape index (κ3) is 5.82. The molecule has 1 aromatic heterocycles. The highest BCUT2D eigenvalue weighted by molar-refractivity contribution is 7.88. The first-order valence-corrected chi connectivity index (χ1v) is 10.9. The zero-order chi connectivity index (χ0) is 20.9. The summed E-state index contributed by atoms with van der Waals surface area (Å²) in [6.07, 6.45) is 3.38. The summed E-state index contributed by atoms with van der Waals surface area (Å²) in [5, 5.41) is 8.23. The van der Waals surface area contributed by atoms with E-state index in [1.54, 1.807) is 38.5 Å². The van der Waals surface area contributed by atoms with Crippen LogP contribution in [-0.2, 0) is 25.2 Å². The van der Waals surface area contributed by atoms with Gasteiger partial charge in [-0.25, -0.2) is 23.5 Å². The normalized spacial score (nSPS) is 19.5. The van der Waals surface area contributed by atoms with Crippen molar-refractivity contribution < 1.29 is 17.9 Å². The maximum atomic E-state index is 11.3. The Kier molecular flexibility index (Phi) is 6.96. The van der Waals surface area contributed by atoms with Gasteiger partial charge in [0.2, 0.25) is 21.9 Å². The zero-order valence-electron chi connectivity index (χ0n) is 16.5. The molecule has 2 atom stereocenters. The summed E-state index contributed by atoms with van der Waals surface area (Å²) in [4.78, 5) is 15.2. The molecule has 3 rings (SSSR count). The lowest BCUT2D eigenvalue weighted by molar-refractivity contribution is 0.166. The van der Waals surface area contributed by atoms with Crippen molar-refractivity contribution in [3.63, 3.8) is 0 Å². The molecule has 0 aliphatic carbocycles. The van der Waals surface area contributed by atoms with Crippen LogP contribution in [0.4, 0.5) is 17.6 Å². The molecule has 1 aliphatic heterocycles. The van der Waals surface area contributed by atoms with Crippen LogP contribution in [0.1, 0.15) is 18.4 Å². The largest absolute Gasteiger partial charge is 0.383 e. The van der Waals surface area contributed by atoms with Crippen LogP contribution in [-0.4, -0.2) is 62.9 Å². The standard InChI is InChI=1S/C18H26N6O4S/c1-27-9-15-6-7-16(10-28-2)24(15)18-21-12-20-17(23-18)22-14-5-3-4-13(8-14)11-29(19,25)26/h3-5,8,12,15-16H,6-7,9-11H2,1-2H3,(H2,19,25,26)(H,20,21,22,23)/t15-,16-/m1/s1. The fraction of sp³-hybridized carbons (Fsp3) is 0.500. The molecule has 29 heavy (non-hydrogen) atoms. The summed E-state index contributed by atoms with van der Waals surface area (Å²) >= 11 is 0. The number of rotatable bonds is 9. The summed E-state index contributed by atoms with van der Waals surface area (Å²) < 4.78 is 33.4. The number of methoxy groups -OCH3 is 2. The van der Waals surface area contributed by atoms with Gasteiger partial charge in [0.1, 0.15) is 6.33 Å². The molecule has 0 unspecified atom stereocenters. The van der Waals surface area contributed by atoms with Crippen molar-refractivity contribution in [3.05, 3.63) is 36.2 Å². The second-order valence-electron chi connectivity index (χ2n) is 6.94. The Morgan fingerprint density at radius 3 is 2.48 bits per heavy atom. The van der Waals surface area contributed by atoms with Crippen LogP contribution in [0.3, 0.4) is 0 Å². The number of ether oxygens (including phenoxy) is 2. The fourth-order valence-electron chi connectivity index (χ4n) is 3.57. The number of nitrogens with zero attached hydrogens (tertiary/aromatic N) is 4. The maximum absolute atomic E-state index is 11.3. The van der Waals surface area contributed by atoms with Crippen LogP contribution in [0, 0.1) is 0 Å². The van der Waals surface area contributed by atoms with E-state index in [-0.39, 0.29) is 17.8 Å². The van der Waals surface area contributed by atoms with Crippen LogP contribution in [0.2, 0.25) is 0 Å². The van der Waals surface area contributed by atoms with E-state index in [4.69, 9.17) is 14.6 Å². The maximum Gasteiger partial charge on any atom is 0.231 e. The topological polar surface area (TPSA) is 133 Å². The van der Waals surface area contributed by atoms with E-state index in [1.165, 1.54) is 6.33 Å². The van der Waals surface area contributed by atoms with Crippen molar-refractivity contribution in [2.45, 2.75) is 30.7 Å². The quantitative estimate of drug-likeness (QED) is 0.608. The number of sulfonamides is 1. The molecule has 0 saturated carbocycles. The number of hydrogen-bond acceptors (Lipinski definition) is 9. The number of benzene rings is 1. The number of nitrogens with two attached hydrogens (primary N) is 1. The lowest BCUT2D eigenvalue weighted by Gasteiger charge is -2.29. The van der Waals surface area contributed by atoms with Crippen LogP contribution in [0.5, 0.6) is 0 Å². The molecule has 0 spiro atoms. The first kappa shape index (κ1) is 21.4. The molecule has 0 amide bonds. The SMILES string of the molecule is COC[C@H]1CC[C@H](COC)N1c1ncnc(Nc2cccc(CS(N)(=O)=O)c2)n1. The molecular weight excluding hydrogens is 396 g/mol. The van der Waals surface area contributed by atoms with Gasteiger partial charge in [-0.2, -0.15) is 4.98 Å². The number of hydrogen-bond donors (Lipinski definition) is 2. The van der Waals surface area contributed by atoms with Gasteiger partial charge in [0.05, 0.1) is 31.1 Å². The number of anilines is 3. The van der Waals surface area contributed by atoms with Gasteiger partial charge in [-0.3, -0.25) is 0 Å². The Hall–Kier alpha value is -2.34. The lowest BCUT2D eigenvalue weighted by Crippen LogP contribution is -2.42. The van der Waals surface area contributed by atoms with Crippen LogP contribution >= 0.6 is 0 Å². The summed E-state index contributed by atoms with van der Waals surface area (Å²) in [6, 6.07) is 7.26. The molecule has 2 heterocycles. The zero-order valence-corrected chi connectivity index (χ0v) is 17.3. The Morgan fingerprint density at radius 1 is 1.17 bits per heavy atom. The van der Waals surface area contributed by atoms with Gasteiger partial charge >= 0.3 is 0 Å². The molecule has 2 aromatic rings. The average molecular weight is 423 g/mol. The van der Waals surface area contributed by atoms with E-state index in [1.807, 2.05) is 0 Å². The predicted octanol–water partition coefficient (Wildman–Crippen LogP) is 1.03. The highest BCUT2D eigenvalue weighted by Crippen LogP contribution is 2.29. The number of primary sulfonamides is 1. The van der Waals surface area contributed by atoms with Gasteiger partial charge < -0.3 is 19.7 Å². The van der Waals surface area contributed by atoms with Gasteiger partial charge in [-0.05, 0) is 30.5 Å². The van der Waals surface area contributed by atoms with E-state index in [0.717, 1.165) is 12.8 Å². The van der Waals surface area contributed by atoms with Gasteiger partial charge in [0, 0.05) is 19.9 Å². The molecule has 3 N–H and O–H groups in total. The number of aromatic nitrogens is 3. The van der Waals surface area contributed by atoms with Crippen LogP contribution in [0.25, 0.3) is 0 Å². The Labute approximate surface area is 170 Å². The summed E-state index contributed by atoms with van der Waals surface area (Å²) in [7, 11) is -0.253. The highest BCUT2D eigenvalue weighted by atomic mass is 32.2. The smallest absolute Gasteiger partial charge is 0.231 e. The van der Waals surface area contributed by atoms with E-state index in [2.05, 4.69) is 25.2 Å². The molecule has 1 aliphatic rings. The lowest BCUT2D eigenvalue weighted by atomic mass is 10.2. The van der Waals surface area contributed by atoms with Gasteiger partial charge in [0.15, 0.2) is 0 Å². The van der Waals surface area contributed by atoms with E-state index < -0.39 is 10.0 Å². The Balaban J connectivity index is 1.81. The summed E-state index contributed by atoms with van der Waals surface area (Å²) in [6.45, 7) is 1.15. The minimum absolute atomic E-state index is 0.161. The summed E-state index contributed by atoms with van der Waals surface area (Å²) in [5.74, 6) is 0.669. The van der Waals surface area contributed by atoms with Crippen LogP contribution in [0.15, 0.2) is 30.6 Å². The molecule has 0 radical (unpaired) electrons. The molecule has 1 aromatic carbocycles. The van der Waals surface area contributed by atoms with E-state index in [0.29, 0.717) is 36.4 Å². The first-order valence-electron chi connectivity index (χ1n) is 9.21. The fourth-order valence-corrected chi connectivity index (χ4v) is 4.22. The van der Waals surface area contributed by atoms with E-state index in [9.17, 15) is 8.42 Å². The van der Waals surface area contributed by atoms with Crippen LogP contribution < -0.4 is 15.4 Å². The molecule has 1 saturated heterocycles. The molecule has 158 valence electrons. The third-order valence-electron chi connectivity index (χ3n) is 4.68. The van der Waals surface area contributed by atoms with Crippen molar-refractivity contribution in [1.82, 2.24) is 15.0 Å². The minimum atomic E-state index is -3.61. The number of nitrogens with one attached hydrogen (secondary N) is 1. The first-order chi connectivity index (χ1) is 13.9. The molecular formula is C18H26N6O4S. The summed E-state index contributed by atoms with van der Waals surface area (Å²) in [5.41, 5.74) is 1.23. The molecule has 1 fully saturated rings. The average Bonchev–Trinajstić information content (AvgIpc) is 3.04. The molecule has 0 bridgehead atoms.